The van der Waals surface area contributed by atoms with Gasteiger partial charge in [0.1, 0.15) is 0 Å². The number of hydrogen-bond donors (Lipinski definition) is 1. The molecule has 0 aliphatic rings. The number of amides is 2. The lowest BCUT2D eigenvalue weighted by Gasteiger charge is -2.22. The number of carbonyl (C=O) groups is 2. The van der Waals surface area contributed by atoms with E-state index in [0.29, 0.717) is 19.5 Å². The molecule has 1 aromatic carbocycles. The third-order valence-electron chi connectivity index (χ3n) is 3.04. The first-order valence-corrected chi connectivity index (χ1v) is 6.78. The Bertz CT molecular complexity index is 455. The van der Waals surface area contributed by atoms with Crippen molar-refractivity contribution in [2.75, 3.05) is 37.0 Å². The van der Waals surface area contributed by atoms with E-state index in [9.17, 15) is 9.59 Å². The zero-order valence-electron chi connectivity index (χ0n) is 12.6. The zero-order chi connectivity index (χ0) is 15.1. The zero-order valence-corrected chi connectivity index (χ0v) is 12.6. The maximum absolute atomic E-state index is 11.7. The molecule has 20 heavy (non-hydrogen) atoms. The lowest BCUT2D eigenvalue weighted by Crippen LogP contribution is -2.37. The monoisotopic (exact) mass is 277 g/mol. The third-order valence-corrected chi connectivity index (χ3v) is 3.04. The summed E-state index contributed by atoms with van der Waals surface area (Å²) in [5.74, 6) is -0.0372. The molecule has 0 aliphatic heterocycles. The lowest BCUT2D eigenvalue weighted by molar-refractivity contribution is -0.121. The van der Waals surface area contributed by atoms with E-state index in [1.165, 1.54) is 6.92 Å². The third kappa shape index (κ3) is 4.57. The maximum atomic E-state index is 11.7. The van der Waals surface area contributed by atoms with Crippen LogP contribution >= 0.6 is 0 Å². The molecule has 0 radical (unpaired) electrons. The van der Waals surface area contributed by atoms with E-state index >= 15 is 0 Å². The molecule has 0 aliphatic carbocycles. The maximum Gasteiger partial charge on any atom is 0.223 e. The molecule has 0 fully saturated rings. The van der Waals surface area contributed by atoms with Gasteiger partial charge in [-0.15, -0.1) is 0 Å². The van der Waals surface area contributed by atoms with E-state index in [-0.39, 0.29) is 11.8 Å². The first kappa shape index (κ1) is 16.0. The molecular weight excluding hydrogens is 254 g/mol. The molecule has 0 unspecified atom stereocenters. The summed E-state index contributed by atoms with van der Waals surface area (Å²) < 4.78 is 0. The van der Waals surface area contributed by atoms with Crippen LogP contribution in [0.15, 0.2) is 24.3 Å². The van der Waals surface area contributed by atoms with Gasteiger partial charge in [0.15, 0.2) is 0 Å². The SMILES string of the molecule is CCC(=O)NCCN(C(C)=O)c1ccc(N(C)C)cc1. The lowest BCUT2D eigenvalue weighted by atomic mass is 10.2. The van der Waals surface area contributed by atoms with Crippen molar-refractivity contribution in [3.8, 4) is 0 Å². The van der Waals surface area contributed by atoms with E-state index in [0.717, 1.165) is 11.4 Å². The Morgan fingerprint density at radius 1 is 1.10 bits per heavy atom. The summed E-state index contributed by atoms with van der Waals surface area (Å²) >= 11 is 0. The minimum atomic E-state index is -0.0339. The molecule has 0 saturated heterocycles. The molecule has 2 amide bonds. The molecule has 0 heterocycles. The van der Waals surface area contributed by atoms with E-state index in [2.05, 4.69) is 5.32 Å². The standard InChI is InChI=1S/C15H23N3O2/c1-5-15(20)16-10-11-18(12(2)19)14-8-6-13(7-9-14)17(3)4/h6-9H,5,10-11H2,1-4H3,(H,16,20). The van der Waals surface area contributed by atoms with E-state index < -0.39 is 0 Å². The number of hydrogen-bond acceptors (Lipinski definition) is 3. The summed E-state index contributed by atoms with van der Waals surface area (Å²) in [5, 5.41) is 2.78. The highest BCUT2D eigenvalue weighted by atomic mass is 16.2. The summed E-state index contributed by atoms with van der Waals surface area (Å²) in [7, 11) is 3.94. The second-order valence-electron chi connectivity index (χ2n) is 4.78. The predicted octanol–water partition coefficient (Wildman–Crippen LogP) is 1.63. The highest BCUT2D eigenvalue weighted by Gasteiger charge is 2.11. The normalized spacial score (nSPS) is 10.0. The van der Waals surface area contributed by atoms with Crippen molar-refractivity contribution < 1.29 is 9.59 Å². The van der Waals surface area contributed by atoms with Crippen molar-refractivity contribution in [1.29, 1.82) is 0 Å². The summed E-state index contributed by atoms with van der Waals surface area (Å²) in [6.45, 7) is 4.27. The minimum Gasteiger partial charge on any atom is -0.378 e. The highest BCUT2D eigenvalue weighted by molar-refractivity contribution is 5.91. The predicted molar refractivity (Wildman–Crippen MR) is 82.1 cm³/mol. The fourth-order valence-electron chi connectivity index (χ4n) is 1.83. The van der Waals surface area contributed by atoms with Gasteiger partial charge in [0.05, 0.1) is 0 Å². The molecule has 5 nitrogen and oxygen atoms in total. The smallest absolute Gasteiger partial charge is 0.223 e. The first-order chi connectivity index (χ1) is 9.45. The van der Waals surface area contributed by atoms with Crippen molar-refractivity contribution in [2.45, 2.75) is 20.3 Å². The van der Waals surface area contributed by atoms with E-state index in [1.807, 2.05) is 43.3 Å². The average molecular weight is 277 g/mol. The fraction of sp³-hybridized carbons (Fsp3) is 0.467. The van der Waals surface area contributed by atoms with Gasteiger partial charge in [-0.1, -0.05) is 6.92 Å². The van der Waals surface area contributed by atoms with Gasteiger partial charge in [-0.2, -0.15) is 0 Å². The molecule has 0 bridgehead atoms. The fourth-order valence-corrected chi connectivity index (χ4v) is 1.83. The molecule has 1 rings (SSSR count). The Kier molecular flexibility index (Phi) is 6.03. The van der Waals surface area contributed by atoms with Crippen LogP contribution < -0.4 is 15.1 Å². The van der Waals surface area contributed by atoms with Crippen molar-refractivity contribution in [3.63, 3.8) is 0 Å². The summed E-state index contributed by atoms with van der Waals surface area (Å²) in [6, 6.07) is 7.77. The van der Waals surface area contributed by atoms with Crippen LogP contribution in [-0.4, -0.2) is 39.0 Å². The molecule has 5 heteroatoms. The van der Waals surface area contributed by atoms with Crippen LogP contribution in [0.25, 0.3) is 0 Å². The van der Waals surface area contributed by atoms with Crippen molar-refractivity contribution in [2.24, 2.45) is 0 Å². The van der Waals surface area contributed by atoms with Crippen molar-refractivity contribution >= 4 is 23.2 Å². The quantitative estimate of drug-likeness (QED) is 0.860. The molecular formula is C15H23N3O2. The number of rotatable bonds is 6. The Morgan fingerprint density at radius 2 is 1.65 bits per heavy atom. The van der Waals surface area contributed by atoms with Crippen molar-refractivity contribution in [3.05, 3.63) is 24.3 Å². The second-order valence-corrected chi connectivity index (χ2v) is 4.78. The van der Waals surface area contributed by atoms with Crippen LogP contribution in [0.4, 0.5) is 11.4 Å². The first-order valence-electron chi connectivity index (χ1n) is 6.78. The van der Waals surface area contributed by atoms with Gasteiger partial charge < -0.3 is 15.1 Å². The van der Waals surface area contributed by atoms with E-state index in [1.54, 1.807) is 11.8 Å². The molecule has 110 valence electrons. The second kappa shape index (κ2) is 7.53. The highest BCUT2D eigenvalue weighted by Crippen LogP contribution is 2.19. The Balaban J connectivity index is 2.70. The van der Waals surface area contributed by atoms with Gasteiger partial charge in [-0.3, -0.25) is 9.59 Å². The number of nitrogens with one attached hydrogen (secondary N) is 1. The van der Waals surface area contributed by atoms with Gasteiger partial charge in [0, 0.05) is 51.9 Å². The Morgan fingerprint density at radius 3 is 2.10 bits per heavy atom. The molecule has 0 atom stereocenters. The molecule has 0 spiro atoms. The van der Waals surface area contributed by atoms with Crippen LogP contribution in [0.3, 0.4) is 0 Å². The van der Waals surface area contributed by atoms with Gasteiger partial charge >= 0.3 is 0 Å². The topological polar surface area (TPSA) is 52.7 Å². The number of nitrogens with zero attached hydrogens (tertiary/aromatic N) is 2. The van der Waals surface area contributed by atoms with Crippen LogP contribution in [-0.2, 0) is 9.59 Å². The van der Waals surface area contributed by atoms with E-state index in [4.69, 9.17) is 0 Å². The molecule has 0 aromatic heterocycles. The van der Waals surface area contributed by atoms with Gasteiger partial charge in [0.2, 0.25) is 11.8 Å². The Labute approximate surface area is 120 Å². The molecule has 0 saturated carbocycles. The van der Waals surface area contributed by atoms with Gasteiger partial charge in [-0.05, 0) is 24.3 Å². The van der Waals surface area contributed by atoms with Gasteiger partial charge in [-0.25, -0.2) is 0 Å². The van der Waals surface area contributed by atoms with Crippen LogP contribution in [0.5, 0.6) is 0 Å². The number of benzene rings is 1. The van der Waals surface area contributed by atoms with Gasteiger partial charge in [0.25, 0.3) is 0 Å². The number of anilines is 2. The Hall–Kier alpha value is -2.04. The largest absolute Gasteiger partial charge is 0.378 e. The minimum absolute atomic E-state index is 0.00328. The van der Waals surface area contributed by atoms with Crippen LogP contribution in [0.2, 0.25) is 0 Å². The summed E-state index contributed by atoms with van der Waals surface area (Å²) in [6.07, 6.45) is 0.456. The summed E-state index contributed by atoms with van der Waals surface area (Å²) in [5.41, 5.74) is 1.92. The molecule has 1 N–H and O–H groups in total. The van der Waals surface area contributed by atoms with Crippen LogP contribution in [0, 0.1) is 0 Å². The average Bonchev–Trinajstić information content (AvgIpc) is 2.43. The number of carbonyl (C=O) groups excluding carboxylic acids is 2. The van der Waals surface area contributed by atoms with Crippen molar-refractivity contribution in [1.82, 2.24) is 5.32 Å². The van der Waals surface area contributed by atoms with Crippen LogP contribution in [0.1, 0.15) is 20.3 Å². The molecule has 1 aromatic rings. The summed E-state index contributed by atoms with van der Waals surface area (Å²) in [4.78, 5) is 26.6.